The number of guanidine groups is 2. The normalized spacial score (nSPS) is 8.33. The number of hydrogen-bond donors (Lipinski definition) is 5. The Bertz CT molecular complexity index is 349. The predicted octanol–water partition coefficient (Wildman–Crippen LogP) is -0.262. The molecular formula is C9H16N6. The van der Waals surface area contributed by atoms with Crippen LogP contribution in [0.25, 0.3) is 0 Å². The van der Waals surface area contributed by atoms with Crippen LogP contribution in [-0.4, -0.2) is 11.9 Å². The van der Waals surface area contributed by atoms with E-state index in [0.717, 1.165) is 11.3 Å². The Morgan fingerprint density at radius 2 is 1.60 bits per heavy atom. The molecule has 1 aromatic carbocycles. The first-order valence-electron chi connectivity index (χ1n) is 4.18. The minimum absolute atomic E-state index is 0.0966. The molecule has 82 valence electrons. The first-order chi connectivity index (χ1) is 6.93. The Labute approximate surface area is 88.5 Å². The number of benzene rings is 1. The molecule has 0 saturated heterocycles. The molecule has 0 aromatic heterocycles. The number of rotatable bonds is 1. The largest absolute Gasteiger partial charge is 0.370 e. The van der Waals surface area contributed by atoms with Crippen molar-refractivity contribution < 1.29 is 0 Å². The summed E-state index contributed by atoms with van der Waals surface area (Å²) in [5.74, 6) is -0.237. The SMILES string of the molecule is Cc1ccccc1N=C(N)N.N=C(N)N. The van der Waals surface area contributed by atoms with Crippen LogP contribution >= 0.6 is 0 Å². The molecule has 0 aliphatic carbocycles. The minimum atomic E-state index is -0.333. The Hall–Kier alpha value is -2.24. The second kappa shape index (κ2) is 6.25. The molecule has 15 heavy (non-hydrogen) atoms. The van der Waals surface area contributed by atoms with Crippen LogP contribution in [0.5, 0.6) is 0 Å². The maximum absolute atomic E-state index is 6.06. The molecule has 9 N–H and O–H groups in total. The topological polar surface area (TPSA) is 140 Å². The van der Waals surface area contributed by atoms with Crippen LogP contribution in [0.4, 0.5) is 5.69 Å². The van der Waals surface area contributed by atoms with Gasteiger partial charge in [0, 0.05) is 0 Å². The molecule has 0 heterocycles. The number of nitrogens with two attached hydrogens (primary N) is 4. The van der Waals surface area contributed by atoms with Gasteiger partial charge in [0.15, 0.2) is 11.9 Å². The average molecular weight is 208 g/mol. The van der Waals surface area contributed by atoms with Crippen molar-refractivity contribution >= 4 is 17.6 Å². The van der Waals surface area contributed by atoms with Crippen LogP contribution in [-0.2, 0) is 0 Å². The van der Waals surface area contributed by atoms with Crippen molar-refractivity contribution in [3.05, 3.63) is 29.8 Å². The van der Waals surface area contributed by atoms with Gasteiger partial charge in [0.2, 0.25) is 0 Å². The average Bonchev–Trinajstić information content (AvgIpc) is 2.07. The second-order valence-electron chi connectivity index (χ2n) is 2.78. The van der Waals surface area contributed by atoms with E-state index in [4.69, 9.17) is 16.9 Å². The second-order valence-corrected chi connectivity index (χ2v) is 2.78. The van der Waals surface area contributed by atoms with Gasteiger partial charge in [0.1, 0.15) is 0 Å². The molecule has 0 unspecified atom stereocenters. The van der Waals surface area contributed by atoms with E-state index >= 15 is 0 Å². The van der Waals surface area contributed by atoms with Gasteiger partial charge in [-0.2, -0.15) is 0 Å². The lowest BCUT2D eigenvalue weighted by Gasteiger charge is -1.97. The van der Waals surface area contributed by atoms with Gasteiger partial charge < -0.3 is 22.9 Å². The molecule has 0 bridgehead atoms. The molecule has 0 amide bonds. The fraction of sp³-hybridized carbons (Fsp3) is 0.111. The van der Waals surface area contributed by atoms with Crippen LogP contribution in [0.3, 0.4) is 0 Å². The Morgan fingerprint density at radius 1 is 1.13 bits per heavy atom. The Kier molecular flexibility index (Phi) is 5.32. The van der Waals surface area contributed by atoms with Gasteiger partial charge in [-0.15, -0.1) is 0 Å². The van der Waals surface area contributed by atoms with E-state index in [-0.39, 0.29) is 11.9 Å². The highest BCUT2D eigenvalue weighted by atomic mass is 15.0. The summed E-state index contributed by atoms with van der Waals surface area (Å²) in [4.78, 5) is 3.93. The molecule has 6 nitrogen and oxygen atoms in total. The van der Waals surface area contributed by atoms with Gasteiger partial charge in [-0.05, 0) is 18.6 Å². The minimum Gasteiger partial charge on any atom is -0.370 e. The van der Waals surface area contributed by atoms with Crippen molar-refractivity contribution in [3.8, 4) is 0 Å². The zero-order valence-corrected chi connectivity index (χ0v) is 8.57. The maximum Gasteiger partial charge on any atom is 0.191 e. The van der Waals surface area contributed by atoms with Crippen LogP contribution in [0, 0.1) is 12.3 Å². The van der Waals surface area contributed by atoms with E-state index < -0.39 is 0 Å². The third kappa shape index (κ3) is 6.88. The molecule has 0 atom stereocenters. The van der Waals surface area contributed by atoms with Gasteiger partial charge in [-0.25, -0.2) is 4.99 Å². The van der Waals surface area contributed by atoms with Gasteiger partial charge in [0.05, 0.1) is 5.69 Å². The highest BCUT2D eigenvalue weighted by Gasteiger charge is 1.92. The maximum atomic E-state index is 6.06. The predicted molar refractivity (Wildman–Crippen MR) is 62.8 cm³/mol. The summed E-state index contributed by atoms with van der Waals surface area (Å²) in [6.07, 6.45) is 0. The van der Waals surface area contributed by atoms with Crippen LogP contribution in [0.1, 0.15) is 5.56 Å². The first-order valence-corrected chi connectivity index (χ1v) is 4.18. The van der Waals surface area contributed by atoms with Crippen LogP contribution in [0.2, 0.25) is 0 Å². The van der Waals surface area contributed by atoms with Crippen molar-refractivity contribution in [2.75, 3.05) is 0 Å². The monoisotopic (exact) mass is 208 g/mol. The number of para-hydroxylation sites is 1. The molecule has 0 aliphatic heterocycles. The summed E-state index contributed by atoms with van der Waals surface area (Å²) in [6, 6.07) is 7.67. The van der Waals surface area contributed by atoms with Gasteiger partial charge in [-0.1, -0.05) is 18.2 Å². The molecule has 1 rings (SSSR count). The van der Waals surface area contributed by atoms with Crippen molar-refractivity contribution in [3.63, 3.8) is 0 Å². The lowest BCUT2D eigenvalue weighted by Crippen LogP contribution is -2.21. The summed E-state index contributed by atoms with van der Waals surface area (Å²) in [6.45, 7) is 1.96. The molecule has 6 heteroatoms. The highest BCUT2D eigenvalue weighted by Crippen LogP contribution is 2.15. The van der Waals surface area contributed by atoms with E-state index in [1.165, 1.54) is 0 Å². The third-order valence-corrected chi connectivity index (χ3v) is 1.37. The molecule has 0 radical (unpaired) electrons. The van der Waals surface area contributed by atoms with Crippen molar-refractivity contribution in [2.24, 2.45) is 27.9 Å². The highest BCUT2D eigenvalue weighted by molar-refractivity contribution is 5.79. The molecule has 0 aliphatic rings. The fourth-order valence-electron chi connectivity index (χ4n) is 0.828. The third-order valence-electron chi connectivity index (χ3n) is 1.37. The fourth-order valence-corrected chi connectivity index (χ4v) is 0.828. The lowest BCUT2D eigenvalue weighted by atomic mass is 10.2. The summed E-state index contributed by atoms with van der Waals surface area (Å²) in [7, 11) is 0. The van der Waals surface area contributed by atoms with Crippen molar-refractivity contribution in [1.82, 2.24) is 0 Å². The molecule has 0 spiro atoms. The van der Waals surface area contributed by atoms with E-state index in [1.807, 2.05) is 31.2 Å². The summed E-state index contributed by atoms with van der Waals surface area (Å²) >= 11 is 0. The summed E-state index contributed by atoms with van der Waals surface area (Å²) in [5.41, 5.74) is 21.3. The molecular weight excluding hydrogens is 192 g/mol. The standard InChI is InChI=1S/C8H11N3.CH5N3/c1-6-4-2-3-5-7(6)11-8(9)10;2-1(3)4/h2-5H,1H3,(H4,9,10,11);(H5,2,3,4). The zero-order chi connectivity index (χ0) is 11.8. The quantitative estimate of drug-likeness (QED) is 0.320. The van der Waals surface area contributed by atoms with E-state index in [0.29, 0.717) is 0 Å². The number of hydrogen-bond acceptors (Lipinski definition) is 2. The first kappa shape index (κ1) is 12.8. The molecule has 1 aromatic rings. The zero-order valence-electron chi connectivity index (χ0n) is 8.57. The molecule has 0 saturated carbocycles. The van der Waals surface area contributed by atoms with Gasteiger partial charge in [0.25, 0.3) is 0 Å². The number of aryl methyl sites for hydroxylation is 1. The Balaban J connectivity index is 0.000000423. The molecule has 0 fully saturated rings. The number of nitrogens with zero attached hydrogens (tertiary/aromatic N) is 1. The summed E-state index contributed by atoms with van der Waals surface area (Å²) in [5, 5.41) is 6.06. The smallest absolute Gasteiger partial charge is 0.191 e. The van der Waals surface area contributed by atoms with Gasteiger partial charge in [-0.3, -0.25) is 5.41 Å². The van der Waals surface area contributed by atoms with E-state index in [9.17, 15) is 0 Å². The van der Waals surface area contributed by atoms with Crippen LogP contribution < -0.4 is 22.9 Å². The van der Waals surface area contributed by atoms with E-state index in [2.05, 4.69) is 16.5 Å². The van der Waals surface area contributed by atoms with Crippen LogP contribution in [0.15, 0.2) is 29.3 Å². The Morgan fingerprint density at radius 3 is 2.00 bits per heavy atom. The van der Waals surface area contributed by atoms with Gasteiger partial charge >= 0.3 is 0 Å². The lowest BCUT2D eigenvalue weighted by molar-refractivity contribution is 1.36. The van der Waals surface area contributed by atoms with Crippen molar-refractivity contribution in [1.29, 1.82) is 5.41 Å². The number of nitrogens with one attached hydrogen (secondary N) is 1. The summed E-state index contributed by atoms with van der Waals surface area (Å²) < 4.78 is 0. The number of aliphatic imine (C=N–C) groups is 1. The van der Waals surface area contributed by atoms with Crippen molar-refractivity contribution in [2.45, 2.75) is 6.92 Å². The van der Waals surface area contributed by atoms with E-state index in [1.54, 1.807) is 0 Å².